The van der Waals surface area contributed by atoms with Crippen LogP contribution in [0.25, 0.3) is 0 Å². The van der Waals surface area contributed by atoms with Crippen LogP contribution < -0.4 is 10.1 Å². The summed E-state index contributed by atoms with van der Waals surface area (Å²) < 4.78 is 40.3. The number of anilines is 1. The van der Waals surface area contributed by atoms with E-state index >= 15 is 0 Å². The lowest BCUT2D eigenvalue weighted by atomic mass is 10.1. The Morgan fingerprint density at radius 3 is 2.32 bits per heavy atom. The lowest BCUT2D eigenvalue weighted by molar-refractivity contribution is -0.274. The fourth-order valence-corrected chi connectivity index (χ4v) is 3.26. The SMILES string of the molecule is CN1N=C(C(=O)N2CCN(CC(=O)Nc3ccc(OC(F)(F)F)cc3)CC2)CCC1=O. The molecule has 0 radical (unpaired) electrons. The number of alkyl halides is 3. The molecular formula is C19H22F3N5O4. The number of hydrogen-bond donors (Lipinski definition) is 1. The predicted molar refractivity (Wildman–Crippen MR) is 104 cm³/mol. The lowest BCUT2D eigenvalue weighted by Gasteiger charge is -2.35. The average Bonchev–Trinajstić information content (AvgIpc) is 2.70. The van der Waals surface area contributed by atoms with Gasteiger partial charge in [0.1, 0.15) is 11.5 Å². The number of ether oxygens (including phenoxy) is 1. The average molecular weight is 441 g/mol. The van der Waals surface area contributed by atoms with E-state index < -0.39 is 6.36 Å². The second-order valence-corrected chi connectivity index (χ2v) is 7.15. The highest BCUT2D eigenvalue weighted by atomic mass is 19.4. The zero-order chi connectivity index (χ0) is 22.6. The first-order valence-corrected chi connectivity index (χ1v) is 9.62. The molecule has 2 aliphatic rings. The van der Waals surface area contributed by atoms with Crippen LogP contribution in [0.1, 0.15) is 12.8 Å². The molecule has 0 spiro atoms. The van der Waals surface area contributed by atoms with E-state index in [2.05, 4.69) is 15.2 Å². The molecule has 168 valence electrons. The van der Waals surface area contributed by atoms with E-state index in [9.17, 15) is 27.6 Å². The van der Waals surface area contributed by atoms with Crippen molar-refractivity contribution in [2.24, 2.45) is 5.10 Å². The van der Waals surface area contributed by atoms with Crippen molar-refractivity contribution in [3.05, 3.63) is 24.3 Å². The number of rotatable bonds is 5. The van der Waals surface area contributed by atoms with Crippen LogP contribution in [0.15, 0.2) is 29.4 Å². The van der Waals surface area contributed by atoms with Crippen molar-refractivity contribution in [1.82, 2.24) is 14.8 Å². The highest BCUT2D eigenvalue weighted by Crippen LogP contribution is 2.24. The van der Waals surface area contributed by atoms with Crippen molar-refractivity contribution in [3.8, 4) is 5.75 Å². The van der Waals surface area contributed by atoms with E-state index in [0.29, 0.717) is 44.0 Å². The molecule has 0 aliphatic carbocycles. The number of amides is 3. The van der Waals surface area contributed by atoms with Gasteiger partial charge in [-0.25, -0.2) is 5.01 Å². The summed E-state index contributed by atoms with van der Waals surface area (Å²) in [5, 5.41) is 7.84. The summed E-state index contributed by atoms with van der Waals surface area (Å²) in [6.45, 7) is 1.90. The second-order valence-electron chi connectivity index (χ2n) is 7.15. The Labute approximate surface area is 176 Å². The van der Waals surface area contributed by atoms with Gasteiger partial charge in [0.2, 0.25) is 11.8 Å². The molecule has 0 saturated carbocycles. The number of benzene rings is 1. The molecule has 3 amide bonds. The van der Waals surface area contributed by atoms with Crippen LogP contribution >= 0.6 is 0 Å². The largest absolute Gasteiger partial charge is 0.573 e. The zero-order valence-electron chi connectivity index (χ0n) is 16.8. The Bertz CT molecular complexity index is 864. The van der Waals surface area contributed by atoms with Crippen molar-refractivity contribution in [2.75, 3.05) is 45.1 Å². The van der Waals surface area contributed by atoms with Gasteiger partial charge < -0.3 is 15.0 Å². The summed E-state index contributed by atoms with van der Waals surface area (Å²) in [6, 6.07) is 4.88. The van der Waals surface area contributed by atoms with Crippen molar-refractivity contribution in [1.29, 1.82) is 0 Å². The molecule has 1 aromatic carbocycles. The van der Waals surface area contributed by atoms with Gasteiger partial charge in [-0.2, -0.15) is 5.10 Å². The molecule has 1 aromatic rings. The smallest absolute Gasteiger partial charge is 0.406 e. The molecule has 2 heterocycles. The molecule has 9 nitrogen and oxygen atoms in total. The third kappa shape index (κ3) is 6.41. The van der Waals surface area contributed by atoms with Crippen LogP contribution in [0.4, 0.5) is 18.9 Å². The quantitative estimate of drug-likeness (QED) is 0.743. The molecule has 2 aliphatic heterocycles. The number of hydrogen-bond acceptors (Lipinski definition) is 6. The Balaban J connectivity index is 1.44. The summed E-state index contributed by atoms with van der Waals surface area (Å²) in [5.41, 5.74) is 0.702. The first-order chi connectivity index (χ1) is 14.6. The number of nitrogens with one attached hydrogen (secondary N) is 1. The third-order valence-corrected chi connectivity index (χ3v) is 4.85. The van der Waals surface area contributed by atoms with Gasteiger partial charge in [0.25, 0.3) is 5.91 Å². The lowest BCUT2D eigenvalue weighted by Crippen LogP contribution is -2.52. The van der Waals surface area contributed by atoms with E-state index in [0.717, 1.165) is 12.1 Å². The molecule has 1 N–H and O–H groups in total. The second kappa shape index (κ2) is 9.33. The maximum Gasteiger partial charge on any atom is 0.573 e. The van der Waals surface area contributed by atoms with Gasteiger partial charge in [-0.05, 0) is 24.3 Å². The van der Waals surface area contributed by atoms with Crippen LogP contribution in [-0.2, 0) is 14.4 Å². The zero-order valence-corrected chi connectivity index (χ0v) is 16.8. The van der Waals surface area contributed by atoms with Crippen LogP contribution in [0.3, 0.4) is 0 Å². The molecule has 0 aromatic heterocycles. The third-order valence-electron chi connectivity index (χ3n) is 4.85. The summed E-state index contributed by atoms with van der Waals surface area (Å²) >= 11 is 0. The maximum absolute atomic E-state index is 12.6. The van der Waals surface area contributed by atoms with Crippen LogP contribution in [0.2, 0.25) is 0 Å². The molecule has 3 rings (SSSR count). The fourth-order valence-electron chi connectivity index (χ4n) is 3.26. The molecule has 0 atom stereocenters. The monoisotopic (exact) mass is 441 g/mol. The molecule has 0 unspecified atom stereocenters. The van der Waals surface area contributed by atoms with E-state index in [-0.39, 0.29) is 36.4 Å². The van der Waals surface area contributed by atoms with Crippen molar-refractivity contribution in [2.45, 2.75) is 19.2 Å². The first kappa shape index (κ1) is 22.5. The highest BCUT2D eigenvalue weighted by Gasteiger charge is 2.31. The fraction of sp³-hybridized carbons (Fsp3) is 0.474. The van der Waals surface area contributed by atoms with Gasteiger partial charge in [-0.1, -0.05) is 0 Å². The Morgan fingerprint density at radius 1 is 1.10 bits per heavy atom. The summed E-state index contributed by atoms with van der Waals surface area (Å²) in [7, 11) is 1.52. The molecular weight excluding hydrogens is 419 g/mol. The molecule has 0 bridgehead atoms. The minimum atomic E-state index is -4.77. The number of carbonyl (C=O) groups is 3. The van der Waals surface area contributed by atoms with Crippen molar-refractivity contribution >= 4 is 29.1 Å². The standard InChI is InChI=1S/C19H22F3N5O4/c1-25-17(29)7-6-15(24-25)18(30)27-10-8-26(9-11-27)12-16(28)23-13-2-4-14(5-3-13)31-19(20,21)22/h2-5H,6-12H2,1H3,(H,23,28). The van der Waals surface area contributed by atoms with Crippen molar-refractivity contribution < 1.29 is 32.3 Å². The number of halogens is 3. The van der Waals surface area contributed by atoms with Gasteiger partial charge in [0.15, 0.2) is 0 Å². The van der Waals surface area contributed by atoms with Gasteiger partial charge in [0, 0.05) is 51.8 Å². The van der Waals surface area contributed by atoms with Crippen LogP contribution in [0.5, 0.6) is 5.75 Å². The summed E-state index contributed by atoms with van der Waals surface area (Å²) in [4.78, 5) is 39.8. The summed E-state index contributed by atoms with van der Waals surface area (Å²) in [5.74, 6) is -1.02. The first-order valence-electron chi connectivity index (χ1n) is 9.62. The van der Waals surface area contributed by atoms with Gasteiger partial charge in [-0.15, -0.1) is 13.2 Å². The Morgan fingerprint density at radius 2 is 1.74 bits per heavy atom. The topological polar surface area (TPSA) is 94.6 Å². The van der Waals surface area contributed by atoms with Crippen LogP contribution in [0, 0.1) is 0 Å². The number of piperazine rings is 1. The molecule has 12 heteroatoms. The van der Waals surface area contributed by atoms with Gasteiger partial charge in [-0.3, -0.25) is 19.3 Å². The Kier molecular flexibility index (Phi) is 6.78. The van der Waals surface area contributed by atoms with Gasteiger partial charge >= 0.3 is 6.36 Å². The molecule has 31 heavy (non-hydrogen) atoms. The van der Waals surface area contributed by atoms with Crippen LogP contribution in [-0.4, -0.2) is 84.4 Å². The Hall–Kier alpha value is -3.15. The maximum atomic E-state index is 12.6. The number of hydrazone groups is 1. The van der Waals surface area contributed by atoms with E-state index in [1.807, 2.05) is 4.90 Å². The van der Waals surface area contributed by atoms with Gasteiger partial charge in [0.05, 0.1) is 6.54 Å². The number of nitrogens with zero attached hydrogens (tertiary/aromatic N) is 4. The van der Waals surface area contributed by atoms with E-state index in [4.69, 9.17) is 0 Å². The minimum absolute atomic E-state index is 0.0843. The summed E-state index contributed by atoms with van der Waals surface area (Å²) in [6.07, 6.45) is -4.20. The van der Waals surface area contributed by atoms with Crippen molar-refractivity contribution in [3.63, 3.8) is 0 Å². The highest BCUT2D eigenvalue weighted by molar-refractivity contribution is 6.39. The number of carbonyl (C=O) groups excluding carboxylic acids is 3. The molecule has 1 fully saturated rings. The van der Waals surface area contributed by atoms with E-state index in [1.165, 1.54) is 24.2 Å². The minimum Gasteiger partial charge on any atom is -0.406 e. The molecule has 1 saturated heterocycles. The van der Waals surface area contributed by atoms with E-state index in [1.54, 1.807) is 4.90 Å². The predicted octanol–water partition coefficient (Wildman–Crippen LogP) is 1.28. The normalized spacial score (nSPS) is 17.9.